The van der Waals surface area contributed by atoms with Crippen LogP contribution in [-0.4, -0.2) is 50.9 Å². The minimum atomic E-state index is -4.21. The molecule has 0 aliphatic carbocycles. The van der Waals surface area contributed by atoms with Crippen molar-refractivity contribution in [2.75, 3.05) is 18.0 Å². The van der Waals surface area contributed by atoms with Gasteiger partial charge in [-0.2, -0.15) is 0 Å². The standard InChI is InChI=1S/C30H35BrClN3O5S/c1-6-21(3)33-30(37)22(4)34(18-23-8-7-9-24(31)16-23)29(36)19-35(25-12-15-28(40-5)27(32)17-25)41(38,39)26-13-10-20(2)11-14-26/h7-17,21-22H,6,18-19H2,1-5H3,(H,33,37)/t21-,22+/m0/s1. The number of methoxy groups -OCH3 is 1. The van der Waals surface area contributed by atoms with Crippen LogP contribution in [0.15, 0.2) is 76.1 Å². The van der Waals surface area contributed by atoms with Crippen molar-refractivity contribution in [2.45, 2.75) is 57.6 Å². The summed E-state index contributed by atoms with van der Waals surface area (Å²) in [5.41, 5.74) is 1.85. The third kappa shape index (κ3) is 8.24. The van der Waals surface area contributed by atoms with Gasteiger partial charge < -0.3 is 15.0 Å². The van der Waals surface area contributed by atoms with E-state index in [1.54, 1.807) is 25.1 Å². The Morgan fingerprint density at radius 3 is 2.32 bits per heavy atom. The molecule has 3 rings (SSSR count). The zero-order chi connectivity index (χ0) is 30.3. The second-order valence-electron chi connectivity index (χ2n) is 9.79. The van der Waals surface area contributed by atoms with Crippen molar-refractivity contribution in [1.29, 1.82) is 0 Å². The summed E-state index contributed by atoms with van der Waals surface area (Å²) in [6.45, 7) is 6.86. The summed E-state index contributed by atoms with van der Waals surface area (Å²) in [4.78, 5) is 28.6. The second kappa shape index (κ2) is 14.2. The van der Waals surface area contributed by atoms with E-state index < -0.39 is 28.5 Å². The number of rotatable bonds is 12. The van der Waals surface area contributed by atoms with Crippen LogP contribution in [0.5, 0.6) is 5.75 Å². The molecule has 0 saturated heterocycles. The van der Waals surface area contributed by atoms with Gasteiger partial charge in [-0.3, -0.25) is 13.9 Å². The molecule has 0 unspecified atom stereocenters. The Labute approximate surface area is 255 Å². The Bertz CT molecular complexity index is 1480. The van der Waals surface area contributed by atoms with Gasteiger partial charge in [0.25, 0.3) is 10.0 Å². The first kappa shape index (κ1) is 32.4. The molecule has 11 heteroatoms. The van der Waals surface area contributed by atoms with Gasteiger partial charge in [0, 0.05) is 17.1 Å². The second-order valence-corrected chi connectivity index (χ2v) is 13.0. The Morgan fingerprint density at radius 1 is 1.05 bits per heavy atom. The Hall–Kier alpha value is -3.08. The summed E-state index contributed by atoms with van der Waals surface area (Å²) in [6, 6.07) is 17.3. The van der Waals surface area contributed by atoms with Gasteiger partial charge in [-0.1, -0.05) is 64.3 Å². The van der Waals surface area contributed by atoms with Crippen LogP contribution in [0, 0.1) is 6.92 Å². The number of sulfonamides is 1. The van der Waals surface area contributed by atoms with Crippen LogP contribution >= 0.6 is 27.5 Å². The maximum atomic E-state index is 14.0. The maximum absolute atomic E-state index is 14.0. The quantitative estimate of drug-likeness (QED) is 0.258. The molecular formula is C30H35BrClN3O5S. The third-order valence-electron chi connectivity index (χ3n) is 6.72. The van der Waals surface area contributed by atoms with E-state index in [4.69, 9.17) is 16.3 Å². The summed E-state index contributed by atoms with van der Waals surface area (Å²) in [7, 11) is -2.75. The van der Waals surface area contributed by atoms with Crippen molar-refractivity contribution in [3.8, 4) is 5.75 Å². The van der Waals surface area contributed by atoms with Gasteiger partial charge in [0.1, 0.15) is 18.3 Å². The van der Waals surface area contributed by atoms with Crippen molar-refractivity contribution in [2.24, 2.45) is 0 Å². The fourth-order valence-electron chi connectivity index (χ4n) is 4.06. The largest absolute Gasteiger partial charge is 0.495 e. The number of benzene rings is 3. The number of aryl methyl sites for hydroxylation is 1. The molecule has 3 aromatic rings. The number of nitrogens with one attached hydrogen (secondary N) is 1. The van der Waals surface area contributed by atoms with Gasteiger partial charge in [0.2, 0.25) is 11.8 Å². The first-order valence-electron chi connectivity index (χ1n) is 13.1. The first-order chi connectivity index (χ1) is 19.4. The lowest BCUT2D eigenvalue weighted by Gasteiger charge is -2.32. The number of amides is 2. The lowest BCUT2D eigenvalue weighted by Crippen LogP contribution is -2.52. The van der Waals surface area contributed by atoms with E-state index in [1.165, 1.54) is 36.3 Å². The summed E-state index contributed by atoms with van der Waals surface area (Å²) >= 11 is 9.82. The van der Waals surface area contributed by atoms with Crippen LogP contribution in [0.2, 0.25) is 5.02 Å². The molecule has 0 aliphatic heterocycles. The molecule has 0 bridgehead atoms. The van der Waals surface area contributed by atoms with Crippen molar-refractivity contribution >= 4 is 55.1 Å². The summed E-state index contributed by atoms with van der Waals surface area (Å²) in [6.07, 6.45) is 0.721. The molecule has 41 heavy (non-hydrogen) atoms. The Kier molecular flexibility index (Phi) is 11.2. The van der Waals surface area contributed by atoms with Gasteiger partial charge in [-0.15, -0.1) is 0 Å². The Balaban J connectivity index is 2.06. The van der Waals surface area contributed by atoms with Crippen LogP contribution in [0.1, 0.15) is 38.3 Å². The van der Waals surface area contributed by atoms with Crippen molar-refractivity contribution < 1.29 is 22.7 Å². The van der Waals surface area contributed by atoms with Gasteiger partial charge in [0.15, 0.2) is 0 Å². The molecule has 0 aliphatic rings. The molecule has 1 N–H and O–H groups in total. The van der Waals surface area contributed by atoms with E-state index in [-0.39, 0.29) is 34.1 Å². The number of nitrogens with zero attached hydrogens (tertiary/aromatic N) is 2. The van der Waals surface area contributed by atoms with Crippen molar-refractivity contribution in [3.05, 3.63) is 87.4 Å². The fourth-order valence-corrected chi connectivity index (χ4v) is 6.16. The number of anilines is 1. The molecule has 2 amide bonds. The Morgan fingerprint density at radius 2 is 1.73 bits per heavy atom. The molecular weight excluding hydrogens is 630 g/mol. The molecule has 0 spiro atoms. The summed E-state index contributed by atoms with van der Waals surface area (Å²) in [5, 5.41) is 3.11. The molecule has 220 valence electrons. The SMILES string of the molecule is CC[C@H](C)NC(=O)[C@@H](C)N(Cc1cccc(Br)c1)C(=O)CN(c1ccc(OC)c(Cl)c1)S(=O)(=O)c1ccc(C)cc1. The zero-order valence-corrected chi connectivity index (χ0v) is 26.9. The van der Waals surface area contributed by atoms with Gasteiger partial charge >= 0.3 is 0 Å². The van der Waals surface area contributed by atoms with Crippen molar-refractivity contribution in [3.63, 3.8) is 0 Å². The molecule has 3 aromatic carbocycles. The minimum absolute atomic E-state index is 0.0175. The van der Waals surface area contributed by atoms with E-state index in [1.807, 2.05) is 45.0 Å². The lowest BCUT2D eigenvalue weighted by atomic mass is 10.1. The van der Waals surface area contributed by atoms with E-state index in [0.29, 0.717) is 5.75 Å². The summed E-state index contributed by atoms with van der Waals surface area (Å²) < 4.78 is 35.0. The molecule has 0 aromatic heterocycles. The normalized spacial score (nSPS) is 12.8. The highest BCUT2D eigenvalue weighted by atomic mass is 79.9. The molecule has 8 nitrogen and oxygen atoms in total. The topological polar surface area (TPSA) is 96.0 Å². The van der Waals surface area contributed by atoms with E-state index >= 15 is 0 Å². The van der Waals surface area contributed by atoms with Gasteiger partial charge in [-0.25, -0.2) is 8.42 Å². The van der Waals surface area contributed by atoms with Crippen LogP contribution in [-0.2, 0) is 26.2 Å². The lowest BCUT2D eigenvalue weighted by molar-refractivity contribution is -0.139. The molecule has 0 fully saturated rings. The van der Waals surface area contributed by atoms with Crippen LogP contribution in [0.3, 0.4) is 0 Å². The maximum Gasteiger partial charge on any atom is 0.264 e. The van der Waals surface area contributed by atoms with E-state index in [9.17, 15) is 18.0 Å². The number of hydrogen-bond acceptors (Lipinski definition) is 5. The predicted octanol–water partition coefficient (Wildman–Crippen LogP) is 5.95. The molecule has 0 saturated carbocycles. The highest BCUT2D eigenvalue weighted by molar-refractivity contribution is 9.10. The van der Waals surface area contributed by atoms with Gasteiger partial charge in [-0.05, 0) is 75.2 Å². The average Bonchev–Trinajstić information content (AvgIpc) is 2.94. The number of halogens is 2. The van der Waals surface area contributed by atoms with E-state index in [2.05, 4.69) is 21.2 Å². The highest BCUT2D eigenvalue weighted by Gasteiger charge is 2.33. The fraction of sp³-hybridized carbons (Fsp3) is 0.333. The number of carbonyl (C=O) groups excluding carboxylic acids is 2. The van der Waals surface area contributed by atoms with Crippen LogP contribution in [0.4, 0.5) is 5.69 Å². The molecule has 2 atom stereocenters. The highest BCUT2D eigenvalue weighted by Crippen LogP contribution is 2.32. The zero-order valence-electron chi connectivity index (χ0n) is 23.7. The van der Waals surface area contributed by atoms with E-state index in [0.717, 1.165) is 26.3 Å². The molecule has 0 heterocycles. The summed E-state index contributed by atoms with van der Waals surface area (Å²) in [5.74, 6) is -0.524. The average molecular weight is 665 g/mol. The van der Waals surface area contributed by atoms with Crippen LogP contribution < -0.4 is 14.4 Å². The first-order valence-corrected chi connectivity index (χ1v) is 15.8. The predicted molar refractivity (Wildman–Crippen MR) is 166 cm³/mol. The number of ether oxygens (including phenoxy) is 1. The number of carbonyl (C=O) groups is 2. The van der Waals surface area contributed by atoms with Crippen LogP contribution in [0.25, 0.3) is 0 Å². The smallest absolute Gasteiger partial charge is 0.264 e. The van der Waals surface area contributed by atoms with Gasteiger partial charge in [0.05, 0.1) is 22.7 Å². The molecule has 0 radical (unpaired) electrons. The third-order valence-corrected chi connectivity index (χ3v) is 9.30. The van der Waals surface area contributed by atoms with Crippen molar-refractivity contribution in [1.82, 2.24) is 10.2 Å². The monoisotopic (exact) mass is 663 g/mol. The number of hydrogen-bond donors (Lipinski definition) is 1. The minimum Gasteiger partial charge on any atom is -0.495 e.